The van der Waals surface area contributed by atoms with Crippen molar-refractivity contribution in [3.8, 4) is 0 Å². The van der Waals surface area contributed by atoms with Gasteiger partial charge in [0.15, 0.2) is 0 Å². The number of carboxylic acid groups (broad SMARTS) is 1. The molecule has 2 fully saturated rings. The van der Waals surface area contributed by atoms with E-state index in [1.54, 1.807) is 16.8 Å². The number of carbonyl (C=O) groups is 3. The number of aliphatic carboxylic acids is 1. The summed E-state index contributed by atoms with van der Waals surface area (Å²) in [5, 5.41) is 11.5. The Morgan fingerprint density at radius 3 is 2.30 bits per heavy atom. The van der Waals surface area contributed by atoms with Crippen LogP contribution in [0.1, 0.15) is 25.7 Å². The second-order valence-corrected chi connectivity index (χ2v) is 5.35. The highest BCUT2D eigenvalue weighted by Crippen LogP contribution is 2.23. The van der Waals surface area contributed by atoms with E-state index in [1.807, 2.05) is 0 Å². The maximum Gasteiger partial charge on any atom is 0.320 e. The number of likely N-dealkylation sites (tertiary alicyclic amines) is 2. The molecule has 0 saturated carbocycles. The second-order valence-electron chi connectivity index (χ2n) is 5.35. The molecule has 2 aliphatic rings. The number of urea groups is 1. The number of likely N-dealkylation sites (N-methyl/N-ethyl adjacent to an activating group) is 1. The number of piperidine rings is 1. The molecule has 20 heavy (non-hydrogen) atoms. The smallest absolute Gasteiger partial charge is 0.320 e. The second kappa shape index (κ2) is 6.11. The van der Waals surface area contributed by atoms with Crippen molar-refractivity contribution in [2.24, 2.45) is 5.92 Å². The third-order valence-electron chi connectivity index (χ3n) is 4.16. The summed E-state index contributed by atoms with van der Waals surface area (Å²) in [5.74, 6) is -1.27. The Labute approximate surface area is 117 Å². The molecule has 0 radical (unpaired) electrons. The van der Waals surface area contributed by atoms with Gasteiger partial charge in [-0.05, 0) is 25.7 Å². The first kappa shape index (κ1) is 14.6. The summed E-state index contributed by atoms with van der Waals surface area (Å²) in [5.41, 5.74) is 0. The van der Waals surface area contributed by atoms with E-state index < -0.39 is 5.97 Å². The van der Waals surface area contributed by atoms with Crippen LogP contribution in [-0.4, -0.2) is 65.5 Å². The molecular weight excluding hydrogens is 262 g/mol. The average Bonchev–Trinajstić information content (AvgIpc) is 2.95. The summed E-state index contributed by atoms with van der Waals surface area (Å²) in [6.07, 6.45) is 2.49. The van der Waals surface area contributed by atoms with Crippen molar-refractivity contribution in [1.82, 2.24) is 15.1 Å². The van der Waals surface area contributed by atoms with Crippen LogP contribution in [0.3, 0.4) is 0 Å². The van der Waals surface area contributed by atoms with E-state index in [0.29, 0.717) is 38.9 Å². The van der Waals surface area contributed by atoms with Gasteiger partial charge >= 0.3 is 12.0 Å². The number of nitrogens with zero attached hydrogens (tertiary/aromatic N) is 2. The minimum Gasteiger partial charge on any atom is -0.481 e. The van der Waals surface area contributed by atoms with Gasteiger partial charge in [-0.3, -0.25) is 9.59 Å². The maximum atomic E-state index is 12.4. The van der Waals surface area contributed by atoms with E-state index in [2.05, 4.69) is 5.32 Å². The van der Waals surface area contributed by atoms with E-state index in [-0.39, 0.29) is 23.9 Å². The van der Waals surface area contributed by atoms with Crippen molar-refractivity contribution < 1.29 is 19.5 Å². The number of carbonyl (C=O) groups excluding carboxylic acids is 2. The van der Waals surface area contributed by atoms with Crippen LogP contribution >= 0.6 is 0 Å². The van der Waals surface area contributed by atoms with Crippen LogP contribution in [0.25, 0.3) is 0 Å². The summed E-state index contributed by atoms with van der Waals surface area (Å²) in [6.45, 7) is 1.50. The van der Waals surface area contributed by atoms with E-state index in [1.165, 1.54) is 0 Å². The van der Waals surface area contributed by atoms with Crippen LogP contribution in [0.5, 0.6) is 0 Å². The number of hydrogen-bond donors (Lipinski definition) is 2. The molecule has 7 nitrogen and oxygen atoms in total. The van der Waals surface area contributed by atoms with Gasteiger partial charge < -0.3 is 20.2 Å². The Hall–Kier alpha value is -1.79. The van der Waals surface area contributed by atoms with Gasteiger partial charge in [-0.2, -0.15) is 0 Å². The molecule has 3 amide bonds. The molecule has 2 saturated heterocycles. The minimum atomic E-state index is -0.790. The highest BCUT2D eigenvalue weighted by atomic mass is 16.4. The summed E-state index contributed by atoms with van der Waals surface area (Å²) >= 11 is 0. The van der Waals surface area contributed by atoms with Gasteiger partial charge in [0.1, 0.15) is 6.04 Å². The fraction of sp³-hybridized carbons (Fsp3) is 0.769. The molecule has 0 aliphatic carbocycles. The third-order valence-corrected chi connectivity index (χ3v) is 4.16. The number of carboxylic acids is 1. The molecule has 2 heterocycles. The quantitative estimate of drug-likeness (QED) is 0.753. The van der Waals surface area contributed by atoms with Crippen LogP contribution in [0.4, 0.5) is 4.79 Å². The van der Waals surface area contributed by atoms with Gasteiger partial charge in [0.05, 0.1) is 5.92 Å². The molecule has 0 aromatic carbocycles. The SMILES string of the molecule is CNC(=O)C1CCCN1C(=O)N1CCC(C(=O)O)CC1. The van der Waals surface area contributed by atoms with Crippen molar-refractivity contribution in [2.75, 3.05) is 26.7 Å². The Morgan fingerprint density at radius 1 is 1.10 bits per heavy atom. The first-order valence-electron chi connectivity index (χ1n) is 7.04. The van der Waals surface area contributed by atoms with Crippen molar-refractivity contribution in [3.63, 3.8) is 0 Å². The van der Waals surface area contributed by atoms with Gasteiger partial charge in [-0.1, -0.05) is 0 Å². The Bertz CT molecular complexity index is 404. The van der Waals surface area contributed by atoms with E-state index in [0.717, 1.165) is 6.42 Å². The standard InChI is InChI=1S/C13H21N3O4/c1-14-11(17)10-3-2-6-16(10)13(20)15-7-4-9(5-8-15)12(18)19/h9-10H,2-8H2,1H3,(H,14,17)(H,18,19). The zero-order chi connectivity index (χ0) is 14.7. The number of hydrogen-bond acceptors (Lipinski definition) is 3. The highest BCUT2D eigenvalue weighted by molar-refractivity contribution is 5.87. The van der Waals surface area contributed by atoms with Crippen molar-refractivity contribution in [2.45, 2.75) is 31.7 Å². The molecule has 0 aromatic rings. The topological polar surface area (TPSA) is 90.0 Å². The lowest BCUT2D eigenvalue weighted by Gasteiger charge is -2.35. The third kappa shape index (κ3) is 2.86. The van der Waals surface area contributed by atoms with E-state index in [4.69, 9.17) is 5.11 Å². The van der Waals surface area contributed by atoms with Crippen molar-refractivity contribution in [3.05, 3.63) is 0 Å². The maximum absolute atomic E-state index is 12.4. The highest BCUT2D eigenvalue weighted by Gasteiger charge is 2.37. The number of nitrogens with one attached hydrogen (secondary N) is 1. The Kier molecular flexibility index (Phi) is 4.46. The van der Waals surface area contributed by atoms with Crippen molar-refractivity contribution in [1.29, 1.82) is 0 Å². The summed E-state index contributed by atoms with van der Waals surface area (Å²) in [4.78, 5) is 38.4. The summed E-state index contributed by atoms with van der Waals surface area (Å²) < 4.78 is 0. The first-order valence-corrected chi connectivity index (χ1v) is 7.04. The van der Waals surface area contributed by atoms with E-state index in [9.17, 15) is 14.4 Å². The van der Waals surface area contributed by atoms with Crippen LogP contribution in [-0.2, 0) is 9.59 Å². The van der Waals surface area contributed by atoms with Gasteiger partial charge in [0.2, 0.25) is 5.91 Å². The molecular formula is C13H21N3O4. The zero-order valence-corrected chi connectivity index (χ0v) is 11.7. The lowest BCUT2D eigenvalue weighted by Crippen LogP contribution is -2.52. The number of amides is 3. The van der Waals surface area contributed by atoms with Crippen LogP contribution < -0.4 is 5.32 Å². The molecule has 1 atom stereocenters. The summed E-state index contributed by atoms with van der Waals surface area (Å²) in [7, 11) is 1.57. The molecule has 2 N–H and O–H groups in total. The van der Waals surface area contributed by atoms with E-state index >= 15 is 0 Å². The normalized spacial score (nSPS) is 23.8. The van der Waals surface area contributed by atoms with Crippen LogP contribution in [0, 0.1) is 5.92 Å². The predicted octanol–water partition coefficient (Wildman–Crippen LogP) is 0.113. The molecule has 2 aliphatic heterocycles. The molecule has 7 heteroatoms. The Morgan fingerprint density at radius 2 is 1.75 bits per heavy atom. The molecule has 0 spiro atoms. The van der Waals surface area contributed by atoms with Gasteiger partial charge in [0, 0.05) is 26.7 Å². The zero-order valence-electron chi connectivity index (χ0n) is 11.7. The van der Waals surface area contributed by atoms with Crippen molar-refractivity contribution >= 4 is 17.9 Å². The molecule has 112 valence electrons. The fourth-order valence-electron chi connectivity index (χ4n) is 2.93. The number of rotatable bonds is 2. The first-order chi connectivity index (χ1) is 9.54. The minimum absolute atomic E-state index is 0.128. The largest absolute Gasteiger partial charge is 0.481 e. The summed E-state index contributed by atoms with van der Waals surface area (Å²) in [6, 6.07) is -0.523. The molecule has 0 bridgehead atoms. The van der Waals surface area contributed by atoms with Gasteiger partial charge in [0.25, 0.3) is 0 Å². The lowest BCUT2D eigenvalue weighted by atomic mass is 9.97. The predicted molar refractivity (Wildman–Crippen MR) is 71.1 cm³/mol. The van der Waals surface area contributed by atoms with Crippen LogP contribution in [0.15, 0.2) is 0 Å². The monoisotopic (exact) mass is 283 g/mol. The lowest BCUT2D eigenvalue weighted by molar-refractivity contribution is -0.143. The molecule has 1 unspecified atom stereocenters. The van der Waals surface area contributed by atoms with Crippen LogP contribution in [0.2, 0.25) is 0 Å². The average molecular weight is 283 g/mol. The fourth-order valence-corrected chi connectivity index (χ4v) is 2.93. The molecule has 2 rings (SSSR count). The molecule has 0 aromatic heterocycles. The Balaban J connectivity index is 1.94. The van der Waals surface area contributed by atoms with Gasteiger partial charge in [-0.15, -0.1) is 0 Å². The van der Waals surface area contributed by atoms with Gasteiger partial charge in [-0.25, -0.2) is 4.79 Å².